The van der Waals surface area contributed by atoms with Crippen LogP contribution in [0.25, 0.3) is 0 Å². The van der Waals surface area contributed by atoms with Crippen LogP contribution in [0.4, 0.5) is 0 Å². The predicted octanol–water partition coefficient (Wildman–Crippen LogP) is 4.31. The van der Waals surface area contributed by atoms with Crippen molar-refractivity contribution in [1.82, 2.24) is 0 Å². The van der Waals surface area contributed by atoms with E-state index in [1.807, 2.05) is 6.08 Å². The van der Waals surface area contributed by atoms with E-state index in [1.54, 1.807) is 0 Å². The van der Waals surface area contributed by atoms with Crippen LogP contribution < -0.4 is 0 Å². The van der Waals surface area contributed by atoms with Crippen molar-refractivity contribution < 1.29 is 14.3 Å². The van der Waals surface area contributed by atoms with Crippen molar-refractivity contribution in [3.63, 3.8) is 0 Å². The van der Waals surface area contributed by atoms with Crippen LogP contribution in [0.15, 0.2) is 12.2 Å². The average Bonchev–Trinajstić information content (AvgIpc) is 2.83. The standard InChI is InChI=1S/C21H30O3/c1-13(22)24-15-8-10-20(2)14(12-15)4-5-16-17-6-7-19(23)21(17,3)11-9-18(16)20/h6-7,14-18H,4-5,8-12H2,1-3H3/t14-,15+,16-,17-,18-,20-,21-/m0/s1. The summed E-state index contributed by atoms with van der Waals surface area (Å²) in [6, 6.07) is 0. The van der Waals surface area contributed by atoms with Gasteiger partial charge in [0.2, 0.25) is 0 Å². The van der Waals surface area contributed by atoms with Gasteiger partial charge in [0.1, 0.15) is 6.10 Å². The van der Waals surface area contributed by atoms with Crippen LogP contribution in [0, 0.1) is 34.5 Å². The Kier molecular flexibility index (Phi) is 3.71. The van der Waals surface area contributed by atoms with E-state index in [9.17, 15) is 9.59 Å². The average molecular weight is 330 g/mol. The first-order valence-corrected chi connectivity index (χ1v) is 9.74. The molecule has 7 atom stereocenters. The van der Waals surface area contributed by atoms with Gasteiger partial charge in [-0.3, -0.25) is 9.59 Å². The Morgan fingerprint density at radius 1 is 1.17 bits per heavy atom. The highest BCUT2D eigenvalue weighted by Gasteiger charge is 2.59. The molecule has 0 spiro atoms. The maximum atomic E-state index is 12.4. The molecule has 4 rings (SSSR count). The predicted molar refractivity (Wildman–Crippen MR) is 92.2 cm³/mol. The van der Waals surface area contributed by atoms with Crippen molar-refractivity contribution >= 4 is 11.8 Å². The summed E-state index contributed by atoms with van der Waals surface area (Å²) >= 11 is 0. The molecule has 4 aliphatic carbocycles. The number of ketones is 1. The molecule has 0 radical (unpaired) electrons. The zero-order chi connectivity index (χ0) is 17.1. The van der Waals surface area contributed by atoms with Gasteiger partial charge in [-0.2, -0.15) is 0 Å². The summed E-state index contributed by atoms with van der Waals surface area (Å²) < 4.78 is 5.53. The van der Waals surface area contributed by atoms with Gasteiger partial charge in [-0.1, -0.05) is 19.9 Å². The number of ether oxygens (including phenoxy) is 1. The third-order valence-electron chi connectivity index (χ3n) is 8.22. The van der Waals surface area contributed by atoms with Gasteiger partial charge in [0.15, 0.2) is 5.78 Å². The third kappa shape index (κ3) is 2.23. The zero-order valence-corrected chi connectivity index (χ0v) is 15.2. The molecule has 24 heavy (non-hydrogen) atoms. The second kappa shape index (κ2) is 5.44. The molecular weight excluding hydrogens is 300 g/mol. The van der Waals surface area contributed by atoms with E-state index in [2.05, 4.69) is 19.9 Å². The summed E-state index contributed by atoms with van der Waals surface area (Å²) in [4.78, 5) is 23.7. The Balaban J connectivity index is 1.55. The van der Waals surface area contributed by atoms with Crippen molar-refractivity contribution in [3.05, 3.63) is 12.2 Å². The first-order chi connectivity index (χ1) is 11.3. The Labute approximate surface area is 145 Å². The van der Waals surface area contributed by atoms with Gasteiger partial charge in [0.05, 0.1) is 0 Å². The van der Waals surface area contributed by atoms with Gasteiger partial charge >= 0.3 is 5.97 Å². The second-order valence-electron chi connectivity index (χ2n) is 9.26. The molecule has 0 unspecified atom stereocenters. The van der Waals surface area contributed by atoms with E-state index >= 15 is 0 Å². The van der Waals surface area contributed by atoms with Crippen molar-refractivity contribution in [1.29, 1.82) is 0 Å². The number of allylic oxidation sites excluding steroid dienone is 2. The molecule has 4 aliphatic rings. The molecule has 132 valence electrons. The summed E-state index contributed by atoms with van der Waals surface area (Å²) in [6.45, 7) is 6.21. The molecule has 3 fully saturated rings. The molecule has 3 heteroatoms. The quantitative estimate of drug-likeness (QED) is 0.673. The van der Waals surface area contributed by atoms with Crippen LogP contribution in [0.3, 0.4) is 0 Å². The summed E-state index contributed by atoms with van der Waals surface area (Å²) in [5.74, 6) is 2.73. The van der Waals surface area contributed by atoms with E-state index in [0.29, 0.717) is 29.0 Å². The number of carbonyl (C=O) groups excluding carboxylic acids is 2. The Bertz CT molecular complexity index is 594. The van der Waals surface area contributed by atoms with Crippen LogP contribution in [0.2, 0.25) is 0 Å². The first-order valence-electron chi connectivity index (χ1n) is 9.74. The molecule has 3 nitrogen and oxygen atoms in total. The van der Waals surface area contributed by atoms with Crippen LogP contribution in [-0.2, 0) is 14.3 Å². The number of rotatable bonds is 1. The smallest absolute Gasteiger partial charge is 0.302 e. The largest absolute Gasteiger partial charge is 0.463 e. The lowest BCUT2D eigenvalue weighted by Gasteiger charge is -2.60. The van der Waals surface area contributed by atoms with E-state index in [-0.39, 0.29) is 17.5 Å². The minimum atomic E-state index is -0.139. The van der Waals surface area contributed by atoms with Crippen LogP contribution in [0.5, 0.6) is 0 Å². The number of esters is 1. The fourth-order valence-corrected chi connectivity index (χ4v) is 6.83. The highest BCUT2D eigenvalue weighted by Crippen LogP contribution is 2.64. The highest BCUT2D eigenvalue weighted by molar-refractivity contribution is 5.97. The van der Waals surface area contributed by atoms with Gasteiger partial charge in [0, 0.05) is 12.3 Å². The third-order valence-corrected chi connectivity index (χ3v) is 8.22. The molecule has 0 aromatic rings. The number of hydrogen-bond donors (Lipinski definition) is 0. The normalized spacial score (nSPS) is 50.0. The Morgan fingerprint density at radius 2 is 1.96 bits per heavy atom. The van der Waals surface area contributed by atoms with Gasteiger partial charge in [-0.15, -0.1) is 0 Å². The van der Waals surface area contributed by atoms with Gasteiger partial charge in [-0.25, -0.2) is 0 Å². The topological polar surface area (TPSA) is 43.4 Å². The summed E-state index contributed by atoms with van der Waals surface area (Å²) in [6.07, 6.45) is 12.1. The lowest BCUT2D eigenvalue weighted by atomic mass is 9.45. The number of fused-ring (bicyclic) bond motifs is 5. The minimum Gasteiger partial charge on any atom is -0.463 e. The fourth-order valence-electron chi connectivity index (χ4n) is 6.83. The lowest BCUT2D eigenvalue weighted by molar-refractivity contribution is -0.159. The molecular formula is C21H30O3. The maximum absolute atomic E-state index is 12.4. The van der Waals surface area contributed by atoms with Crippen LogP contribution in [-0.4, -0.2) is 17.9 Å². The van der Waals surface area contributed by atoms with Gasteiger partial charge in [-0.05, 0) is 80.1 Å². The monoisotopic (exact) mass is 330 g/mol. The minimum absolute atomic E-state index is 0.124. The molecule has 3 saturated carbocycles. The van der Waals surface area contributed by atoms with E-state index in [0.717, 1.165) is 31.6 Å². The number of hydrogen-bond acceptors (Lipinski definition) is 3. The van der Waals surface area contributed by atoms with Crippen molar-refractivity contribution in [3.8, 4) is 0 Å². The molecule has 0 aromatic heterocycles. The Hall–Kier alpha value is -1.12. The highest BCUT2D eigenvalue weighted by atomic mass is 16.5. The SMILES string of the molecule is CC(=O)O[C@@H]1CC[C@@]2(C)[C@@H](CC[C@@H]3[C@@H]2CC[C@]2(C)C(=O)C=C[C@@H]32)C1. The van der Waals surface area contributed by atoms with Crippen molar-refractivity contribution in [2.75, 3.05) is 0 Å². The number of carbonyl (C=O) groups is 2. The fraction of sp³-hybridized carbons (Fsp3) is 0.810. The van der Waals surface area contributed by atoms with Gasteiger partial charge in [0.25, 0.3) is 0 Å². The zero-order valence-electron chi connectivity index (χ0n) is 15.2. The van der Waals surface area contributed by atoms with Crippen molar-refractivity contribution in [2.24, 2.45) is 34.5 Å². The van der Waals surface area contributed by atoms with E-state index < -0.39 is 0 Å². The summed E-state index contributed by atoms with van der Waals surface area (Å²) in [7, 11) is 0. The van der Waals surface area contributed by atoms with Crippen LogP contribution >= 0.6 is 0 Å². The van der Waals surface area contributed by atoms with E-state index in [1.165, 1.54) is 26.2 Å². The Morgan fingerprint density at radius 3 is 2.71 bits per heavy atom. The molecule has 0 N–H and O–H groups in total. The first kappa shape index (κ1) is 16.4. The van der Waals surface area contributed by atoms with Gasteiger partial charge < -0.3 is 4.74 Å². The molecule has 0 saturated heterocycles. The van der Waals surface area contributed by atoms with Crippen LogP contribution in [0.1, 0.15) is 65.7 Å². The van der Waals surface area contributed by atoms with E-state index in [4.69, 9.17) is 4.74 Å². The maximum Gasteiger partial charge on any atom is 0.302 e. The lowest BCUT2D eigenvalue weighted by Crippen LogP contribution is -2.54. The molecule has 0 bridgehead atoms. The molecule has 0 amide bonds. The summed E-state index contributed by atoms with van der Waals surface area (Å²) in [5, 5.41) is 0. The molecule has 0 aliphatic heterocycles. The molecule has 0 heterocycles. The second-order valence-corrected chi connectivity index (χ2v) is 9.26. The van der Waals surface area contributed by atoms with Crippen molar-refractivity contribution in [2.45, 2.75) is 71.8 Å². The molecule has 0 aromatic carbocycles. The summed E-state index contributed by atoms with van der Waals surface area (Å²) in [5.41, 5.74) is 0.236.